The van der Waals surface area contributed by atoms with Crippen LogP contribution >= 0.6 is 15.9 Å². The zero-order chi connectivity index (χ0) is 11.5. The summed E-state index contributed by atoms with van der Waals surface area (Å²) in [7, 11) is 0. The maximum atomic E-state index is 11.6. The molecule has 1 aliphatic carbocycles. The quantitative estimate of drug-likeness (QED) is 0.904. The van der Waals surface area contributed by atoms with E-state index < -0.39 is 0 Å². The minimum absolute atomic E-state index is 0.222. The Morgan fingerprint density at radius 3 is 2.81 bits per heavy atom. The molecule has 0 radical (unpaired) electrons. The first kappa shape index (κ1) is 11.6. The van der Waals surface area contributed by atoms with Crippen LogP contribution in [0.3, 0.4) is 0 Å². The summed E-state index contributed by atoms with van der Waals surface area (Å²) in [6.07, 6.45) is 1.94. The van der Waals surface area contributed by atoms with Crippen LogP contribution in [0.15, 0.2) is 28.7 Å². The first-order valence-corrected chi connectivity index (χ1v) is 6.49. The van der Waals surface area contributed by atoms with Crippen molar-refractivity contribution in [1.82, 2.24) is 5.32 Å². The van der Waals surface area contributed by atoms with E-state index in [2.05, 4.69) is 34.2 Å². The molecule has 0 spiro atoms. The fraction of sp³-hybridized carbons (Fsp3) is 0.462. The minimum Gasteiger partial charge on any atom is -0.356 e. The predicted molar refractivity (Wildman–Crippen MR) is 68.1 cm³/mol. The maximum Gasteiger partial charge on any atom is 0.223 e. The second-order valence-corrected chi connectivity index (χ2v) is 5.31. The van der Waals surface area contributed by atoms with E-state index in [0.29, 0.717) is 5.92 Å². The van der Waals surface area contributed by atoms with Gasteiger partial charge in [0.2, 0.25) is 5.91 Å². The van der Waals surface area contributed by atoms with Crippen LogP contribution in [0.5, 0.6) is 0 Å². The number of halogens is 1. The first-order chi connectivity index (χ1) is 7.68. The number of hydrogen-bond donors (Lipinski definition) is 1. The fourth-order valence-electron chi connectivity index (χ4n) is 1.84. The molecule has 0 saturated heterocycles. The summed E-state index contributed by atoms with van der Waals surface area (Å²) >= 11 is 3.50. The zero-order valence-electron chi connectivity index (χ0n) is 9.37. The molecule has 2 rings (SSSR count). The molecular weight excluding hydrogens is 266 g/mol. The van der Waals surface area contributed by atoms with Crippen molar-refractivity contribution in [2.75, 3.05) is 6.54 Å². The molecule has 0 heterocycles. The zero-order valence-corrected chi connectivity index (χ0v) is 11.0. The Hall–Kier alpha value is -0.830. The molecular formula is C13H16BrNO. The lowest BCUT2D eigenvalue weighted by Crippen LogP contribution is -2.27. The first-order valence-electron chi connectivity index (χ1n) is 5.69. The van der Waals surface area contributed by atoms with Gasteiger partial charge in [-0.25, -0.2) is 0 Å². The monoisotopic (exact) mass is 281 g/mol. The van der Waals surface area contributed by atoms with Gasteiger partial charge in [0, 0.05) is 16.9 Å². The second kappa shape index (κ2) is 5.00. The number of carbonyl (C=O) groups is 1. The van der Waals surface area contributed by atoms with Gasteiger partial charge in [0.05, 0.1) is 0 Å². The van der Waals surface area contributed by atoms with E-state index in [9.17, 15) is 4.79 Å². The Kier molecular flexibility index (Phi) is 3.64. The Morgan fingerprint density at radius 2 is 2.19 bits per heavy atom. The van der Waals surface area contributed by atoms with Crippen LogP contribution in [0.1, 0.15) is 18.9 Å². The Labute approximate surface area is 105 Å². The molecule has 1 fully saturated rings. The van der Waals surface area contributed by atoms with Gasteiger partial charge in [-0.05, 0) is 30.4 Å². The van der Waals surface area contributed by atoms with Crippen LogP contribution in [0.25, 0.3) is 0 Å². The average Bonchev–Trinajstić information content (AvgIpc) is 2.98. The van der Waals surface area contributed by atoms with E-state index in [1.54, 1.807) is 0 Å². The molecule has 0 unspecified atom stereocenters. The molecule has 1 aliphatic rings. The number of amides is 1. The third-order valence-corrected chi connectivity index (χ3v) is 3.87. The van der Waals surface area contributed by atoms with Gasteiger partial charge >= 0.3 is 0 Å². The van der Waals surface area contributed by atoms with E-state index in [4.69, 9.17) is 0 Å². The Bertz CT molecular complexity index is 391. The van der Waals surface area contributed by atoms with Crippen molar-refractivity contribution in [3.05, 3.63) is 34.3 Å². The van der Waals surface area contributed by atoms with E-state index in [1.807, 2.05) is 18.2 Å². The van der Waals surface area contributed by atoms with Crippen molar-refractivity contribution in [3.8, 4) is 0 Å². The molecule has 1 aromatic rings. The summed E-state index contributed by atoms with van der Waals surface area (Å²) in [5.74, 6) is 1.09. The standard InChI is InChI=1S/C13H16BrNO/c1-9-8-11(9)13(16)15-7-6-10-4-2-3-5-12(10)14/h2-5,9,11H,6-8H2,1H3,(H,15,16)/t9-,11-/m0/s1. The summed E-state index contributed by atoms with van der Waals surface area (Å²) in [5.41, 5.74) is 1.24. The highest BCUT2D eigenvalue weighted by atomic mass is 79.9. The van der Waals surface area contributed by atoms with Gasteiger partial charge in [-0.3, -0.25) is 4.79 Å². The summed E-state index contributed by atoms with van der Waals surface area (Å²) in [6.45, 7) is 2.85. The number of nitrogens with one attached hydrogen (secondary N) is 1. The smallest absolute Gasteiger partial charge is 0.223 e. The molecule has 2 atom stereocenters. The molecule has 16 heavy (non-hydrogen) atoms. The van der Waals surface area contributed by atoms with Crippen molar-refractivity contribution in [2.45, 2.75) is 19.8 Å². The minimum atomic E-state index is 0.222. The van der Waals surface area contributed by atoms with Crippen molar-refractivity contribution >= 4 is 21.8 Å². The number of hydrogen-bond acceptors (Lipinski definition) is 1. The normalized spacial score (nSPS) is 22.9. The third kappa shape index (κ3) is 2.85. The third-order valence-electron chi connectivity index (χ3n) is 3.10. The molecule has 1 saturated carbocycles. The Morgan fingerprint density at radius 1 is 1.50 bits per heavy atom. The molecule has 86 valence electrons. The van der Waals surface area contributed by atoms with Crippen LogP contribution in [-0.2, 0) is 11.2 Å². The molecule has 3 heteroatoms. The van der Waals surface area contributed by atoms with E-state index in [1.165, 1.54) is 5.56 Å². The lowest BCUT2D eigenvalue weighted by Gasteiger charge is -2.06. The molecule has 0 aromatic heterocycles. The summed E-state index contributed by atoms with van der Waals surface area (Å²) < 4.78 is 1.11. The van der Waals surface area contributed by atoms with Crippen LogP contribution in [0, 0.1) is 11.8 Å². The molecule has 2 nitrogen and oxygen atoms in total. The maximum absolute atomic E-state index is 11.6. The fourth-order valence-corrected chi connectivity index (χ4v) is 2.32. The van der Waals surface area contributed by atoms with Crippen molar-refractivity contribution in [2.24, 2.45) is 11.8 Å². The van der Waals surface area contributed by atoms with Gasteiger partial charge in [0.1, 0.15) is 0 Å². The van der Waals surface area contributed by atoms with Gasteiger partial charge in [0.25, 0.3) is 0 Å². The van der Waals surface area contributed by atoms with E-state index >= 15 is 0 Å². The van der Waals surface area contributed by atoms with Gasteiger partial charge in [0.15, 0.2) is 0 Å². The lowest BCUT2D eigenvalue weighted by atomic mass is 10.1. The highest BCUT2D eigenvalue weighted by Gasteiger charge is 2.38. The molecule has 1 N–H and O–H groups in total. The Balaban J connectivity index is 1.76. The highest BCUT2D eigenvalue weighted by molar-refractivity contribution is 9.10. The van der Waals surface area contributed by atoms with Crippen LogP contribution in [0.4, 0.5) is 0 Å². The van der Waals surface area contributed by atoms with E-state index in [0.717, 1.165) is 23.9 Å². The van der Waals surface area contributed by atoms with Crippen molar-refractivity contribution in [3.63, 3.8) is 0 Å². The van der Waals surface area contributed by atoms with Crippen LogP contribution in [0.2, 0.25) is 0 Å². The van der Waals surface area contributed by atoms with Gasteiger partial charge in [-0.2, -0.15) is 0 Å². The number of benzene rings is 1. The van der Waals surface area contributed by atoms with Crippen molar-refractivity contribution in [1.29, 1.82) is 0 Å². The molecule has 0 aliphatic heterocycles. The van der Waals surface area contributed by atoms with Crippen LogP contribution < -0.4 is 5.32 Å². The van der Waals surface area contributed by atoms with Gasteiger partial charge in [-0.1, -0.05) is 41.1 Å². The average molecular weight is 282 g/mol. The highest BCUT2D eigenvalue weighted by Crippen LogP contribution is 2.37. The van der Waals surface area contributed by atoms with E-state index in [-0.39, 0.29) is 11.8 Å². The topological polar surface area (TPSA) is 29.1 Å². The van der Waals surface area contributed by atoms with Gasteiger partial charge < -0.3 is 5.32 Å². The second-order valence-electron chi connectivity index (χ2n) is 4.45. The van der Waals surface area contributed by atoms with Gasteiger partial charge in [-0.15, -0.1) is 0 Å². The number of carbonyl (C=O) groups excluding carboxylic acids is 1. The SMILES string of the molecule is C[C@H]1C[C@@H]1C(=O)NCCc1ccccc1Br. The predicted octanol–water partition coefficient (Wildman–Crippen LogP) is 2.76. The number of rotatable bonds is 4. The summed E-state index contributed by atoms with van der Waals surface area (Å²) in [5, 5.41) is 2.99. The largest absolute Gasteiger partial charge is 0.356 e. The summed E-state index contributed by atoms with van der Waals surface area (Å²) in [6, 6.07) is 8.12. The van der Waals surface area contributed by atoms with Crippen LogP contribution in [-0.4, -0.2) is 12.5 Å². The molecule has 1 amide bonds. The lowest BCUT2D eigenvalue weighted by molar-refractivity contribution is -0.122. The summed E-state index contributed by atoms with van der Waals surface area (Å²) in [4.78, 5) is 11.6. The van der Waals surface area contributed by atoms with Crippen molar-refractivity contribution < 1.29 is 4.79 Å². The molecule has 1 aromatic carbocycles. The molecule has 0 bridgehead atoms.